The average Bonchev–Trinajstić information content (AvgIpc) is 2.59. The molecule has 1 heterocycles. The molecule has 2 rings (SSSR count). The lowest BCUT2D eigenvalue weighted by molar-refractivity contribution is -0.217. The Hall–Kier alpha value is -2.06. The molecule has 27 heavy (non-hydrogen) atoms. The zero-order chi connectivity index (χ0) is 20.0. The van der Waals surface area contributed by atoms with Crippen molar-refractivity contribution in [3.63, 3.8) is 0 Å². The molecule has 148 valence electrons. The largest absolute Gasteiger partial charge is 0.463 e. The van der Waals surface area contributed by atoms with Gasteiger partial charge in [-0.05, 0) is 12.1 Å². The third kappa shape index (κ3) is 6.25. The van der Waals surface area contributed by atoms with Gasteiger partial charge in [0, 0.05) is 31.6 Å². The fourth-order valence-corrected chi connectivity index (χ4v) is 3.99. The summed E-state index contributed by atoms with van der Waals surface area (Å²) in [6.07, 6.45) is -2.34. The van der Waals surface area contributed by atoms with Crippen molar-refractivity contribution in [2.24, 2.45) is 5.92 Å². The van der Waals surface area contributed by atoms with E-state index in [-0.39, 0.29) is 18.0 Å². The second-order valence-corrected chi connectivity index (χ2v) is 7.46. The summed E-state index contributed by atoms with van der Waals surface area (Å²) in [7, 11) is 0. The van der Waals surface area contributed by atoms with Gasteiger partial charge in [-0.25, -0.2) is 0 Å². The van der Waals surface area contributed by atoms with E-state index in [9.17, 15) is 14.4 Å². The minimum Gasteiger partial charge on any atom is -0.463 e. The van der Waals surface area contributed by atoms with Crippen LogP contribution in [0.5, 0.6) is 0 Å². The quantitative estimate of drug-likeness (QED) is 0.535. The normalized spacial score (nSPS) is 27.5. The van der Waals surface area contributed by atoms with Crippen molar-refractivity contribution in [2.45, 2.75) is 56.3 Å². The molecular formula is C19H24O7S. The monoisotopic (exact) mass is 396 g/mol. The molecule has 0 aliphatic carbocycles. The van der Waals surface area contributed by atoms with Crippen LogP contribution in [0.3, 0.4) is 0 Å². The molecule has 1 saturated heterocycles. The van der Waals surface area contributed by atoms with Gasteiger partial charge in [0.2, 0.25) is 0 Å². The topological polar surface area (TPSA) is 88.1 Å². The van der Waals surface area contributed by atoms with E-state index in [2.05, 4.69) is 0 Å². The minimum atomic E-state index is -0.867. The lowest BCUT2D eigenvalue weighted by Gasteiger charge is -2.43. The summed E-state index contributed by atoms with van der Waals surface area (Å²) < 4.78 is 22.0. The first-order valence-electron chi connectivity index (χ1n) is 8.63. The van der Waals surface area contributed by atoms with Crippen LogP contribution in [0.25, 0.3) is 0 Å². The fourth-order valence-electron chi connectivity index (χ4n) is 2.84. The van der Waals surface area contributed by atoms with E-state index in [0.717, 1.165) is 4.90 Å². The van der Waals surface area contributed by atoms with Crippen molar-refractivity contribution >= 4 is 29.7 Å². The van der Waals surface area contributed by atoms with Crippen molar-refractivity contribution in [3.05, 3.63) is 30.3 Å². The van der Waals surface area contributed by atoms with Crippen LogP contribution in [0.1, 0.15) is 27.7 Å². The van der Waals surface area contributed by atoms with Gasteiger partial charge in [0.15, 0.2) is 6.10 Å². The molecule has 0 aromatic heterocycles. The van der Waals surface area contributed by atoms with Crippen LogP contribution in [0.4, 0.5) is 0 Å². The number of rotatable bonds is 6. The number of hydrogen-bond donors (Lipinski definition) is 0. The SMILES string of the molecule is CC(=O)OCC1O[C@@H](Sc2ccccc2)C(C)[C@@H](OC(C)=O)[C@H]1OC(C)=O. The molecule has 0 bridgehead atoms. The maximum Gasteiger partial charge on any atom is 0.303 e. The standard InChI is InChI=1S/C19H24O7S/c1-11-17(24-13(3)21)18(25-14(4)22)16(10-23-12(2)20)26-19(11)27-15-8-6-5-7-9-15/h5-9,11,16-19H,10H2,1-4H3/t11?,16?,17-,18+,19+/m1/s1. The van der Waals surface area contributed by atoms with Crippen molar-refractivity contribution in [2.75, 3.05) is 6.61 Å². The molecule has 5 atom stereocenters. The highest BCUT2D eigenvalue weighted by Crippen LogP contribution is 2.39. The number of benzene rings is 1. The Bertz CT molecular complexity index is 663. The Labute approximate surface area is 162 Å². The summed E-state index contributed by atoms with van der Waals surface area (Å²) in [6.45, 7) is 5.61. The van der Waals surface area contributed by atoms with Gasteiger partial charge in [-0.2, -0.15) is 0 Å². The maximum absolute atomic E-state index is 11.6. The zero-order valence-electron chi connectivity index (χ0n) is 15.7. The molecule has 7 nitrogen and oxygen atoms in total. The summed E-state index contributed by atoms with van der Waals surface area (Å²) in [5, 5.41) is 0. The van der Waals surface area contributed by atoms with E-state index >= 15 is 0 Å². The van der Waals surface area contributed by atoms with Gasteiger partial charge in [0.05, 0.1) is 0 Å². The van der Waals surface area contributed by atoms with Crippen LogP contribution >= 0.6 is 11.8 Å². The number of hydrogen-bond acceptors (Lipinski definition) is 8. The minimum absolute atomic E-state index is 0.108. The van der Waals surface area contributed by atoms with Crippen LogP contribution < -0.4 is 0 Å². The van der Waals surface area contributed by atoms with Crippen molar-refractivity contribution in [1.29, 1.82) is 0 Å². The molecule has 2 unspecified atom stereocenters. The number of esters is 3. The van der Waals surface area contributed by atoms with E-state index < -0.39 is 36.2 Å². The van der Waals surface area contributed by atoms with E-state index in [0.29, 0.717) is 0 Å². The second kappa shape index (κ2) is 9.75. The molecule has 0 amide bonds. The van der Waals surface area contributed by atoms with Gasteiger partial charge in [-0.1, -0.05) is 36.9 Å². The maximum atomic E-state index is 11.6. The number of thioether (sulfide) groups is 1. The van der Waals surface area contributed by atoms with Gasteiger partial charge in [0.1, 0.15) is 24.3 Å². The second-order valence-electron chi connectivity index (χ2n) is 6.28. The summed E-state index contributed by atoms with van der Waals surface area (Å²) in [5.74, 6) is -1.76. The molecular weight excluding hydrogens is 372 g/mol. The Kier molecular flexibility index (Phi) is 7.67. The molecule has 1 aliphatic rings. The van der Waals surface area contributed by atoms with Crippen LogP contribution in [0.15, 0.2) is 35.2 Å². The van der Waals surface area contributed by atoms with E-state index in [4.69, 9.17) is 18.9 Å². The van der Waals surface area contributed by atoms with Gasteiger partial charge in [-0.3, -0.25) is 14.4 Å². The van der Waals surface area contributed by atoms with E-state index in [1.807, 2.05) is 37.3 Å². The highest BCUT2D eigenvalue weighted by molar-refractivity contribution is 7.99. The molecule has 0 spiro atoms. The van der Waals surface area contributed by atoms with Crippen molar-refractivity contribution in [3.8, 4) is 0 Å². The molecule has 1 aliphatic heterocycles. The molecule has 1 aromatic rings. The zero-order valence-corrected chi connectivity index (χ0v) is 16.6. The first-order chi connectivity index (χ1) is 12.8. The Morgan fingerprint density at radius 1 is 0.963 bits per heavy atom. The molecule has 0 radical (unpaired) electrons. The third-order valence-corrected chi connectivity index (χ3v) is 5.31. The molecule has 1 aromatic carbocycles. The Balaban J connectivity index is 2.27. The fraction of sp³-hybridized carbons (Fsp3) is 0.526. The van der Waals surface area contributed by atoms with Crippen molar-refractivity contribution < 1.29 is 33.3 Å². The Morgan fingerprint density at radius 3 is 2.11 bits per heavy atom. The molecule has 0 N–H and O–H groups in total. The highest BCUT2D eigenvalue weighted by Gasteiger charge is 2.48. The van der Waals surface area contributed by atoms with Gasteiger partial charge < -0.3 is 18.9 Å². The number of carbonyl (C=O) groups is 3. The lowest BCUT2D eigenvalue weighted by atomic mass is 9.93. The van der Waals surface area contributed by atoms with Gasteiger partial charge in [0.25, 0.3) is 0 Å². The first kappa shape index (κ1) is 21.2. The van der Waals surface area contributed by atoms with Crippen LogP contribution in [-0.4, -0.2) is 48.3 Å². The van der Waals surface area contributed by atoms with Crippen LogP contribution in [0, 0.1) is 5.92 Å². The average molecular weight is 396 g/mol. The number of carbonyl (C=O) groups excluding carboxylic acids is 3. The third-order valence-electron chi connectivity index (χ3n) is 4.00. The predicted molar refractivity (Wildman–Crippen MR) is 97.9 cm³/mol. The van der Waals surface area contributed by atoms with Crippen LogP contribution in [-0.2, 0) is 33.3 Å². The van der Waals surface area contributed by atoms with Gasteiger partial charge >= 0.3 is 17.9 Å². The lowest BCUT2D eigenvalue weighted by Crippen LogP contribution is -2.57. The predicted octanol–water partition coefficient (Wildman–Crippen LogP) is 2.57. The summed E-state index contributed by atoms with van der Waals surface area (Å²) in [6, 6.07) is 9.63. The smallest absolute Gasteiger partial charge is 0.303 e. The number of ether oxygens (including phenoxy) is 4. The van der Waals surface area contributed by atoms with Gasteiger partial charge in [-0.15, -0.1) is 0 Å². The molecule has 8 heteroatoms. The first-order valence-corrected chi connectivity index (χ1v) is 9.51. The highest BCUT2D eigenvalue weighted by atomic mass is 32.2. The van der Waals surface area contributed by atoms with Crippen LogP contribution in [0.2, 0.25) is 0 Å². The molecule has 1 fully saturated rings. The molecule has 0 saturated carbocycles. The summed E-state index contributed by atoms with van der Waals surface area (Å²) in [5.41, 5.74) is -0.385. The van der Waals surface area contributed by atoms with E-state index in [1.54, 1.807) is 0 Å². The summed E-state index contributed by atoms with van der Waals surface area (Å²) in [4.78, 5) is 35.4. The van der Waals surface area contributed by atoms with E-state index in [1.165, 1.54) is 32.5 Å². The Morgan fingerprint density at radius 2 is 1.56 bits per heavy atom. The van der Waals surface area contributed by atoms with Crippen molar-refractivity contribution in [1.82, 2.24) is 0 Å². The summed E-state index contributed by atoms with van der Waals surface area (Å²) >= 11 is 1.47.